The largest absolute Gasteiger partial charge is 0.487 e. The predicted molar refractivity (Wildman–Crippen MR) is 95.4 cm³/mol. The SMILES string of the molecule is C#Cc1cncnc1Nc1ccc(OCc2cccc(F)c2)c(Cl)c1. The van der Waals surface area contributed by atoms with Gasteiger partial charge in [0, 0.05) is 11.9 Å². The lowest BCUT2D eigenvalue weighted by atomic mass is 10.2. The Morgan fingerprint density at radius 3 is 2.88 bits per heavy atom. The van der Waals surface area contributed by atoms with E-state index in [0.717, 1.165) is 5.56 Å². The molecule has 4 nitrogen and oxygen atoms in total. The van der Waals surface area contributed by atoms with Crippen LogP contribution in [-0.4, -0.2) is 9.97 Å². The molecule has 0 aliphatic carbocycles. The van der Waals surface area contributed by atoms with E-state index >= 15 is 0 Å². The van der Waals surface area contributed by atoms with Crippen molar-refractivity contribution >= 4 is 23.1 Å². The van der Waals surface area contributed by atoms with E-state index in [1.54, 1.807) is 36.5 Å². The summed E-state index contributed by atoms with van der Waals surface area (Å²) in [6.07, 6.45) is 8.37. The van der Waals surface area contributed by atoms with Crippen molar-refractivity contribution in [3.05, 3.63) is 77.0 Å². The number of hydrogen-bond donors (Lipinski definition) is 1. The fourth-order valence-electron chi connectivity index (χ4n) is 2.16. The summed E-state index contributed by atoms with van der Waals surface area (Å²) in [5, 5.41) is 3.50. The van der Waals surface area contributed by atoms with E-state index in [4.69, 9.17) is 22.8 Å². The molecule has 124 valence electrons. The molecule has 0 bridgehead atoms. The molecule has 25 heavy (non-hydrogen) atoms. The van der Waals surface area contributed by atoms with Crippen molar-refractivity contribution in [3.8, 4) is 18.1 Å². The molecule has 0 saturated carbocycles. The van der Waals surface area contributed by atoms with Crippen LogP contribution < -0.4 is 10.1 Å². The van der Waals surface area contributed by atoms with Crippen molar-refractivity contribution in [2.45, 2.75) is 6.61 Å². The van der Waals surface area contributed by atoms with E-state index < -0.39 is 0 Å². The Hall–Kier alpha value is -3.10. The second-order valence-electron chi connectivity index (χ2n) is 5.12. The fraction of sp³-hybridized carbons (Fsp3) is 0.0526. The number of nitrogens with one attached hydrogen (secondary N) is 1. The highest BCUT2D eigenvalue weighted by molar-refractivity contribution is 6.32. The smallest absolute Gasteiger partial charge is 0.149 e. The highest BCUT2D eigenvalue weighted by Gasteiger charge is 2.07. The summed E-state index contributed by atoms with van der Waals surface area (Å²) in [5.74, 6) is 3.22. The zero-order chi connectivity index (χ0) is 17.6. The molecule has 3 aromatic rings. The van der Waals surface area contributed by atoms with Crippen molar-refractivity contribution in [2.24, 2.45) is 0 Å². The van der Waals surface area contributed by atoms with Gasteiger partial charge in [0.25, 0.3) is 0 Å². The lowest BCUT2D eigenvalue weighted by Gasteiger charge is -2.11. The summed E-state index contributed by atoms with van der Waals surface area (Å²) in [6, 6.07) is 11.4. The Balaban J connectivity index is 1.71. The van der Waals surface area contributed by atoms with Gasteiger partial charge in [0.05, 0.1) is 10.6 Å². The molecule has 2 aromatic carbocycles. The Morgan fingerprint density at radius 2 is 2.12 bits per heavy atom. The average Bonchev–Trinajstić information content (AvgIpc) is 2.61. The van der Waals surface area contributed by atoms with Gasteiger partial charge in [-0.1, -0.05) is 29.7 Å². The van der Waals surface area contributed by atoms with Crippen molar-refractivity contribution in [3.63, 3.8) is 0 Å². The minimum atomic E-state index is -0.305. The Labute approximate surface area is 149 Å². The third kappa shape index (κ3) is 4.25. The normalized spacial score (nSPS) is 10.1. The van der Waals surface area contributed by atoms with Gasteiger partial charge in [0.15, 0.2) is 0 Å². The van der Waals surface area contributed by atoms with Crippen LogP contribution in [0.3, 0.4) is 0 Å². The summed E-state index contributed by atoms with van der Waals surface area (Å²) in [6.45, 7) is 0.220. The van der Waals surface area contributed by atoms with Gasteiger partial charge >= 0.3 is 0 Å². The lowest BCUT2D eigenvalue weighted by molar-refractivity contribution is 0.306. The van der Waals surface area contributed by atoms with Crippen LogP contribution in [0, 0.1) is 18.2 Å². The molecule has 3 rings (SSSR count). The van der Waals surface area contributed by atoms with E-state index in [1.165, 1.54) is 18.5 Å². The van der Waals surface area contributed by atoms with Crippen LogP contribution in [-0.2, 0) is 6.61 Å². The zero-order valence-corrected chi connectivity index (χ0v) is 13.8. The topological polar surface area (TPSA) is 47.0 Å². The minimum Gasteiger partial charge on any atom is -0.487 e. The number of halogens is 2. The van der Waals surface area contributed by atoms with Crippen LogP contribution in [0.1, 0.15) is 11.1 Å². The van der Waals surface area contributed by atoms with Crippen molar-refractivity contribution < 1.29 is 9.13 Å². The van der Waals surface area contributed by atoms with Crippen LogP contribution in [0.5, 0.6) is 5.75 Å². The van der Waals surface area contributed by atoms with Gasteiger partial charge in [-0.2, -0.15) is 0 Å². The van der Waals surface area contributed by atoms with Crippen molar-refractivity contribution in [1.29, 1.82) is 0 Å². The average molecular weight is 354 g/mol. The summed E-state index contributed by atoms with van der Waals surface area (Å²) in [4.78, 5) is 7.99. The quantitative estimate of drug-likeness (QED) is 0.682. The van der Waals surface area contributed by atoms with E-state index in [-0.39, 0.29) is 12.4 Å². The van der Waals surface area contributed by atoms with Crippen molar-refractivity contribution in [2.75, 3.05) is 5.32 Å². The first-order valence-corrected chi connectivity index (χ1v) is 7.74. The van der Waals surface area contributed by atoms with Crippen molar-refractivity contribution in [1.82, 2.24) is 9.97 Å². The maximum atomic E-state index is 13.2. The predicted octanol–water partition coefficient (Wildman–Crippen LogP) is 4.57. The Kier molecular flexibility index (Phi) is 5.12. The standard InChI is InChI=1S/C19H13ClFN3O/c1-2-14-10-22-12-23-19(14)24-16-6-7-18(17(20)9-16)25-11-13-4-3-5-15(21)8-13/h1,3-10,12H,11H2,(H,22,23,24). The van der Waals surface area contributed by atoms with Gasteiger partial charge in [-0.25, -0.2) is 14.4 Å². The maximum absolute atomic E-state index is 13.2. The Morgan fingerprint density at radius 1 is 1.24 bits per heavy atom. The number of rotatable bonds is 5. The second kappa shape index (κ2) is 7.65. The van der Waals surface area contributed by atoms with E-state index in [9.17, 15) is 4.39 Å². The molecular formula is C19H13ClFN3O. The molecule has 0 aliphatic rings. The summed E-state index contributed by atoms with van der Waals surface area (Å²) < 4.78 is 18.8. The van der Waals surface area contributed by atoms with Gasteiger partial charge in [-0.3, -0.25) is 0 Å². The highest BCUT2D eigenvalue weighted by atomic mass is 35.5. The molecule has 0 atom stereocenters. The van der Waals surface area contributed by atoms with Gasteiger partial charge in [-0.15, -0.1) is 6.42 Å². The first-order valence-electron chi connectivity index (χ1n) is 7.36. The molecule has 0 spiro atoms. The lowest BCUT2D eigenvalue weighted by Crippen LogP contribution is -1.99. The van der Waals surface area contributed by atoms with Crippen LogP contribution >= 0.6 is 11.6 Å². The molecule has 0 amide bonds. The molecule has 0 saturated heterocycles. The first kappa shape index (κ1) is 16.7. The van der Waals surface area contributed by atoms with Gasteiger partial charge in [-0.05, 0) is 35.9 Å². The molecule has 1 N–H and O–H groups in total. The van der Waals surface area contributed by atoms with Crippen LogP contribution in [0.25, 0.3) is 0 Å². The van der Waals surface area contributed by atoms with Crippen LogP contribution in [0.2, 0.25) is 5.02 Å². The number of hydrogen-bond acceptors (Lipinski definition) is 4. The molecule has 0 radical (unpaired) electrons. The van der Waals surface area contributed by atoms with E-state index in [1.807, 2.05) is 0 Å². The molecule has 0 unspecified atom stereocenters. The minimum absolute atomic E-state index is 0.220. The van der Waals surface area contributed by atoms with Crippen LogP contribution in [0.15, 0.2) is 55.0 Å². The Bertz CT molecular complexity index is 940. The fourth-order valence-corrected chi connectivity index (χ4v) is 2.39. The number of nitrogens with zero attached hydrogens (tertiary/aromatic N) is 2. The first-order chi connectivity index (χ1) is 12.2. The summed E-state index contributed by atoms with van der Waals surface area (Å²) in [5.41, 5.74) is 1.97. The van der Waals surface area contributed by atoms with Gasteiger partial charge < -0.3 is 10.1 Å². The zero-order valence-electron chi connectivity index (χ0n) is 13.0. The second-order valence-corrected chi connectivity index (χ2v) is 5.53. The molecule has 1 heterocycles. The van der Waals surface area contributed by atoms with Gasteiger partial charge in [0.1, 0.15) is 30.3 Å². The third-order valence-corrected chi connectivity index (χ3v) is 3.64. The monoisotopic (exact) mass is 353 g/mol. The summed E-state index contributed by atoms with van der Waals surface area (Å²) >= 11 is 6.25. The number of benzene rings is 2. The molecule has 6 heteroatoms. The van der Waals surface area contributed by atoms with Gasteiger partial charge in [0.2, 0.25) is 0 Å². The molecule has 0 aliphatic heterocycles. The van der Waals surface area contributed by atoms with E-state index in [2.05, 4.69) is 21.2 Å². The molecule has 0 fully saturated rings. The number of ether oxygens (including phenoxy) is 1. The summed E-state index contributed by atoms with van der Waals surface area (Å²) in [7, 11) is 0. The van der Waals surface area contributed by atoms with E-state index in [0.29, 0.717) is 27.8 Å². The number of anilines is 2. The molecule has 1 aromatic heterocycles. The number of aromatic nitrogens is 2. The maximum Gasteiger partial charge on any atom is 0.149 e. The van der Waals surface area contributed by atoms with Crippen LogP contribution in [0.4, 0.5) is 15.9 Å². The number of terminal acetylenes is 1. The molecular weight excluding hydrogens is 341 g/mol. The third-order valence-electron chi connectivity index (χ3n) is 3.35. The highest BCUT2D eigenvalue weighted by Crippen LogP contribution is 2.30.